The van der Waals surface area contributed by atoms with E-state index in [9.17, 15) is 45.6 Å². The third-order valence-corrected chi connectivity index (χ3v) is 11.3. The second-order valence-corrected chi connectivity index (χ2v) is 16.9. The zero-order chi connectivity index (χ0) is 48.9. The van der Waals surface area contributed by atoms with Crippen LogP contribution in [-0.2, 0) is 23.7 Å². The first-order valence-electron chi connectivity index (χ1n) is 24.6. The Morgan fingerprint density at radius 3 is 1.49 bits per heavy atom. The Morgan fingerprint density at radius 2 is 1.01 bits per heavy atom. The lowest BCUT2D eigenvalue weighted by atomic mass is 9.97. The predicted octanol–water partition coefficient (Wildman–Crippen LogP) is 6.15. The van der Waals surface area contributed by atoms with Gasteiger partial charge in [0.2, 0.25) is 5.91 Å². The van der Waals surface area contributed by atoms with Crippen LogP contribution in [-0.4, -0.2) is 140 Å². The third kappa shape index (κ3) is 25.7. The molecule has 1 amide bonds. The van der Waals surface area contributed by atoms with Crippen molar-refractivity contribution in [1.29, 1.82) is 0 Å². The lowest BCUT2D eigenvalue weighted by Crippen LogP contribution is -2.65. The van der Waals surface area contributed by atoms with Gasteiger partial charge in [-0.05, 0) is 77.0 Å². The van der Waals surface area contributed by atoms with E-state index in [4.69, 9.17) is 18.9 Å². The second-order valence-electron chi connectivity index (χ2n) is 16.9. The van der Waals surface area contributed by atoms with E-state index < -0.39 is 86.8 Å². The van der Waals surface area contributed by atoms with Crippen molar-refractivity contribution in [3.8, 4) is 0 Å². The van der Waals surface area contributed by atoms with Crippen molar-refractivity contribution in [1.82, 2.24) is 5.32 Å². The van der Waals surface area contributed by atoms with Crippen molar-refractivity contribution in [2.45, 2.75) is 197 Å². The highest BCUT2D eigenvalue weighted by Crippen LogP contribution is 2.30. The van der Waals surface area contributed by atoms with Crippen molar-refractivity contribution in [3.05, 3.63) is 109 Å². The van der Waals surface area contributed by atoms with Crippen LogP contribution < -0.4 is 5.32 Å². The van der Waals surface area contributed by atoms with E-state index in [1.165, 1.54) is 0 Å². The summed E-state index contributed by atoms with van der Waals surface area (Å²) < 4.78 is 22.5. The molecule has 0 spiro atoms. The molecule has 2 fully saturated rings. The number of unbranched alkanes of at least 4 members (excludes halogenated alkanes) is 4. The number of ether oxygens (including phenoxy) is 4. The molecule has 14 nitrogen and oxygen atoms in total. The van der Waals surface area contributed by atoms with Crippen LogP contribution in [0.4, 0.5) is 0 Å². The lowest BCUT2D eigenvalue weighted by molar-refractivity contribution is -0.359. The first-order chi connectivity index (χ1) is 32.6. The quantitative estimate of drug-likeness (QED) is 0.0257. The topological polar surface area (TPSA) is 228 Å². The van der Waals surface area contributed by atoms with Gasteiger partial charge in [-0.15, -0.1) is 0 Å². The molecule has 0 radical (unpaired) electrons. The fourth-order valence-electron chi connectivity index (χ4n) is 7.23. The van der Waals surface area contributed by atoms with Gasteiger partial charge >= 0.3 is 0 Å². The largest absolute Gasteiger partial charge is 0.394 e. The summed E-state index contributed by atoms with van der Waals surface area (Å²) in [7, 11) is 0. The van der Waals surface area contributed by atoms with Gasteiger partial charge in [-0.2, -0.15) is 0 Å². The Kier molecular flexibility index (Phi) is 34.3. The number of carbonyl (C=O) groups excluding carboxylic acids is 1. The van der Waals surface area contributed by atoms with Gasteiger partial charge in [-0.1, -0.05) is 149 Å². The number of amides is 1. The van der Waals surface area contributed by atoms with E-state index in [0.717, 1.165) is 83.5 Å². The number of nitrogens with one attached hydrogen (secondary N) is 1. The maximum absolute atomic E-state index is 13.0. The molecule has 14 heteroatoms. The molecule has 12 atom stereocenters. The van der Waals surface area contributed by atoms with Crippen LogP contribution >= 0.6 is 0 Å². The number of rotatable bonds is 35. The highest BCUT2D eigenvalue weighted by Gasteiger charge is 2.51. The summed E-state index contributed by atoms with van der Waals surface area (Å²) in [5.74, 6) is -0.281. The second kappa shape index (κ2) is 38.5. The minimum absolute atomic E-state index is 0.214. The number of aliphatic hydroxyl groups excluding tert-OH is 8. The Morgan fingerprint density at radius 1 is 0.552 bits per heavy atom. The zero-order valence-corrected chi connectivity index (χ0v) is 40.1. The van der Waals surface area contributed by atoms with Crippen LogP contribution in [0.3, 0.4) is 0 Å². The van der Waals surface area contributed by atoms with Crippen molar-refractivity contribution in [2.75, 3.05) is 19.8 Å². The SMILES string of the molecule is CC/C=C\C/C=C\C/C=C\C/C=C\C/C=C\C/C=C\C/C=C\C/C=C\C/C=C\CCCC(=O)NC(COC1OC(CO)C(OC2OC(CO)C(O)C(O)C2O)C(O)C1O)C(O)CCCCCC. The normalized spacial score (nSPS) is 27.6. The van der Waals surface area contributed by atoms with E-state index in [2.05, 4.69) is 122 Å². The Labute approximate surface area is 400 Å². The van der Waals surface area contributed by atoms with Crippen molar-refractivity contribution in [3.63, 3.8) is 0 Å². The molecule has 2 saturated heterocycles. The maximum atomic E-state index is 13.0. The molecule has 2 heterocycles. The minimum atomic E-state index is -1.79. The summed E-state index contributed by atoms with van der Waals surface area (Å²) in [5.41, 5.74) is 0. The average molecular weight is 944 g/mol. The molecular formula is C53H85NO13. The molecule has 0 aromatic rings. The van der Waals surface area contributed by atoms with Crippen LogP contribution in [0.5, 0.6) is 0 Å². The average Bonchev–Trinajstić information content (AvgIpc) is 3.33. The van der Waals surface area contributed by atoms with Crippen molar-refractivity contribution >= 4 is 5.91 Å². The molecule has 12 unspecified atom stereocenters. The number of allylic oxidation sites excluding steroid dienone is 18. The van der Waals surface area contributed by atoms with Gasteiger partial charge in [0, 0.05) is 6.42 Å². The van der Waals surface area contributed by atoms with Gasteiger partial charge < -0.3 is 65.1 Å². The highest BCUT2D eigenvalue weighted by atomic mass is 16.7. The first kappa shape index (κ1) is 59.8. The van der Waals surface area contributed by atoms with Crippen LogP contribution in [0.15, 0.2) is 109 Å². The molecule has 0 saturated carbocycles. The summed E-state index contributed by atoms with van der Waals surface area (Å²) in [4.78, 5) is 13.0. The van der Waals surface area contributed by atoms with Gasteiger partial charge in [0.25, 0.3) is 0 Å². The molecule has 2 aliphatic heterocycles. The van der Waals surface area contributed by atoms with Crippen molar-refractivity contribution in [2.24, 2.45) is 0 Å². The summed E-state index contributed by atoms with van der Waals surface area (Å²) in [6.07, 6.45) is 36.2. The lowest BCUT2D eigenvalue weighted by Gasteiger charge is -2.46. The smallest absolute Gasteiger partial charge is 0.220 e. The number of carbonyl (C=O) groups is 1. The molecule has 9 N–H and O–H groups in total. The van der Waals surface area contributed by atoms with E-state index >= 15 is 0 Å². The zero-order valence-electron chi connectivity index (χ0n) is 40.1. The highest BCUT2D eigenvalue weighted by molar-refractivity contribution is 5.76. The Hall–Kier alpha value is -3.35. The van der Waals surface area contributed by atoms with Gasteiger partial charge in [0.1, 0.15) is 48.8 Å². The molecule has 67 heavy (non-hydrogen) atoms. The summed E-state index contributed by atoms with van der Waals surface area (Å²) in [6, 6.07) is -0.863. The molecule has 0 aromatic heterocycles. The molecular weight excluding hydrogens is 859 g/mol. The molecule has 2 rings (SSSR count). The Bertz CT molecular complexity index is 1540. The molecule has 380 valence electrons. The number of hydrogen-bond donors (Lipinski definition) is 9. The first-order valence-corrected chi connectivity index (χ1v) is 24.6. The van der Waals surface area contributed by atoms with Crippen LogP contribution in [0.25, 0.3) is 0 Å². The molecule has 0 aliphatic carbocycles. The standard InChI is InChI=1S/C53H85NO13/c1-3-5-7-9-10-11-12-13-14-15-16-17-18-19-20-21-22-23-24-25-26-27-28-29-30-31-32-33-35-37-45(58)54-41(42(57)36-34-8-6-4-2)40-64-52-50(63)48(61)51(44(39-56)66-52)67-53-49(62)47(60)46(59)43(38-55)65-53/h5,7,10-11,13-14,16-17,19-20,22-23,25-26,28-29,31-32,41-44,46-53,55-57,59-63H,3-4,6,8-9,12,15,18,21,24,27,30,33-40H2,1-2H3,(H,54,58)/b7-5-,11-10-,14-13-,17-16-,20-19-,23-22-,26-25-,29-28-,32-31-. The molecule has 0 bridgehead atoms. The molecule has 2 aliphatic rings. The van der Waals surface area contributed by atoms with Crippen LogP contribution in [0.1, 0.15) is 123 Å². The summed E-state index contributed by atoms with van der Waals surface area (Å²) >= 11 is 0. The van der Waals surface area contributed by atoms with E-state index in [1.54, 1.807) is 0 Å². The van der Waals surface area contributed by atoms with Crippen molar-refractivity contribution < 1.29 is 64.6 Å². The Balaban J connectivity index is 1.69. The van der Waals surface area contributed by atoms with Gasteiger partial charge in [-0.3, -0.25) is 4.79 Å². The van der Waals surface area contributed by atoms with Gasteiger partial charge in [-0.25, -0.2) is 0 Å². The number of aliphatic hydroxyl groups is 8. The predicted molar refractivity (Wildman–Crippen MR) is 262 cm³/mol. The maximum Gasteiger partial charge on any atom is 0.220 e. The summed E-state index contributed by atoms with van der Waals surface area (Å²) in [5, 5.41) is 86.1. The summed E-state index contributed by atoms with van der Waals surface area (Å²) in [6.45, 7) is 2.52. The van der Waals surface area contributed by atoms with E-state index in [0.29, 0.717) is 19.3 Å². The number of hydrogen-bond acceptors (Lipinski definition) is 13. The fourth-order valence-corrected chi connectivity index (χ4v) is 7.23. The third-order valence-electron chi connectivity index (χ3n) is 11.3. The molecule has 0 aromatic carbocycles. The fraction of sp³-hybridized carbons (Fsp3) is 0.642. The van der Waals surface area contributed by atoms with E-state index in [-0.39, 0.29) is 18.9 Å². The minimum Gasteiger partial charge on any atom is -0.394 e. The van der Waals surface area contributed by atoms with Gasteiger partial charge in [0.15, 0.2) is 12.6 Å². The van der Waals surface area contributed by atoms with Crippen LogP contribution in [0.2, 0.25) is 0 Å². The monoisotopic (exact) mass is 944 g/mol. The van der Waals surface area contributed by atoms with E-state index in [1.807, 2.05) is 6.08 Å². The van der Waals surface area contributed by atoms with Gasteiger partial charge in [0.05, 0.1) is 32.0 Å². The van der Waals surface area contributed by atoms with Crippen LogP contribution in [0, 0.1) is 0 Å².